The summed E-state index contributed by atoms with van der Waals surface area (Å²) in [7, 11) is -7.83. The van der Waals surface area contributed by atoms with Crippen LogP contribution in [0.3, 0.4) is 0 Å². The molecule has 3 aromatic carbocycles. The predicted molar refractivity (Wildman–Crippen MR) is 106 cm³/mol. The monoisotopic (exact) mass is 426 g/mol. The van der Waals surface area contributed by atoms with E-state index in [1.165, 1.54) is 18.2 Å². The minimum absolute atomic E-state index is 0.275. The van der Waals surface area contributed by atoms with Gasteiger partial charge in [0, 0.05) is 26.0 Å². The first-order chi connectivity index (χ1) is 12.2. The van der Waals surface area contributed by atoms with Gasteiger partial charge in [0.25, 0.3) is 10.1 Å². The van der Waals surface area contributed by atoms with Gasteiger partial charge >= 0.3 is 0 Å². The average molecular weight is 427 g/mol. The summed E-state index contributed by atoms with van der Waals surface area (Å²) in [6.07, 6.45) is 0. The second-order valence-corrected chi connectivity index (χ2v) is 10.6. The molecule has 0 unspecified atom stereocenters. The summed E-state index contributed by atoms with van der Waals surface area (Å²) in [6.45, 7) is 0. The molecule has 0 aliphatic carbocycles. The van der Waals surface area contributed by atoms with E-state index in [2.05, 4.69) is 0 Å². The Hall–Kier alpha value is -1.62. The fourth-order valence-electron chi connectivity index (χ4n) is 2.59. The van der Waals surface area contributed by atoms with Gasteiger partial charge in [0.05, 0.1) is 4.90 Å². The summed E-state index contributed by atoms with van der Waals surface area (Å²) in [6, 6.07) is 18.5. The lowest BCUT2D eigenvalue weighted by Gasteiger charge is -2.20. The van der Waals surface area contributed by atoms with E-state index in [0.717, 1.165) is 0 Å². The molecule has 0 aromatic heterocycles. The van der Waals surface area contributed by atoms with E-state index in [-0.39, 0.29) is 10.2 Å². The van der Waals surface area contributed by atoms with Gasteiger partial charge in [-0.3, -0.25) is 4.55 Å². The average Bonchev–Trinajstić information content (AvgIpc) is 2.62. The standard InChI is InChI=1S/C18H13Cl2O4PS/c19-13-4-8-15(9-5-13)25(21,16-10-6-14(20)7-11-16)17-2-1-3-18(12-17)26(22,23)24/h1-12H,(H,22,23,24). The van der Waals surface area contributed by atoms with Crippen molar-refractivity contribution in [2.24, 2.45) is 0 Å². The smallest absolute Gasteiger partial charge is 0.294 e. The second kappa shape index (κ2) is 7.18. The molecule has 0 spiro atoms. The molecule has 0 heterocycles. The van der Waals surface area contributed by atoms with Crippen LogP contribution in [-0.2, 0) is 14.7 Å². The molecule has 0 amide bonds. The molecule has 0 aliphatic heterocycles. The first-order valence-corrected chi connectivity index (χ1v) is 11.3. The molecule has 0 saturated heterocycles. The van der Waals surface area contributed by atoms with Crippen molar-refractivity contribution in [3.63, 3.8) is 0 Å². The number of hydrogen-bond donors (Lipinski definition) is 1. The molecule has 0 aliphatic rings. The molecule has 0 fully saturated rings. The molecule has 1 N–H and O–H groups in total. The maximum absolute atomic E-state index is 14.2. The summed E-state index contributed by atoms with van der Waals surface area (Å²) in [5.41, 5.74) is 0. The van der Waals surface area contributed by atoms with Crippen LogP contribution in [-0.4, -0.2) is 13.0 Å². The van der Waals surface area contributed by atoms with Gasteiger partial charge in [-0.2, -0.15) is 8.42 Å². The molecule has 26 heavy (non-hydrogen) atoms. The van der Waals surface area contributed by atoms with Crippen molar-refractivity contribution in [2.75, 3.05) is 0 Å². The summed E-state index contributed by atoms with van der Waals surface area (Å²) < 4.78 is 46.5. The van der Waals surface area contributed by atoms with Crippen molar-refractivity contribution in [3.05, 3.63) is 82.8 Å². The molecule has 0 saturated carbocycles. The van der Waals surface area contributed by atoms with Crippen molar-refractivity contribution >= 4 is 56.4 Å². The van der Waals surface area contributed by atoms with Crippen molar-refractivity contribution in [2.45, 2.75) is 4.90 Å². The normalized spacial score (nSPS) is 12.1. The van der Waals surface area contributed by atoms with Crippen molar-refractivity contribution < 1.29 is 17.5 Å². The first-order valence-electron chi connectivity index (χ1n) is 7.42. The molecule has 0 atom stereocenters. The van der Waals surface area contributed by atoms with Gasteiger partial charge < -0.3 is 4.57 Å². The molecule has 4 nitrogen and oxygen atoms in total. The zero-order valence-electron chi connectivity index (χ0n) is 13.2. The highest BCUT2D eigenvalue weighted by Crippen LogP contribution is 2.43. The Kier molecular flexibility index (Phi) is 5.29. The van der Waals surface area contributed by atoms with Crippen molar-refractivity contribution in [1.82, 2.24) is 0 Å². The second-order valence-electron chi connectivity index (χ2n) is 5.53. The van der Waals surface area contributed by atoms with Crippen LogP contribution in [0.25, 0.3) is 0 Å². The minimum Gasteiger partial charge on any atom is -0.309 e. The quantitative estimate of drug-likeness (QED) is 0.507. The van der Waals surface area contributed by atoms with Crippen LogP contribution >= 0.6 is 30.3 Å². The molecular weight excluding hydrogens is 414 g/mol. The Bertz CT molecular complexity index is 1050. The third kappa shape index (κ3) is 3.73. The van der Waals surface area contributed by atoms with Crippen LogP contribution < -0.4 is 15.9 Å². The maximum Gasteiger partial charge on any atom is 0.294 e. The van der Waals surface area contributed by atoms with E-state index in [1.807, 2.05) is 0 Å². The van der Waals surface area contributed by atoms with Crippen LogP contribution in [0.1, 0.15) is 0 Å². The van der Waals surface area contributed by atoms with Gasteiger partial charge in [-0.15, -0.1) is 0 Å². The van der Waals surface area contributed by atoms with Gasteiger partial charge in [-0.25, -0.2) is 0 Å². The Morgan fingerprint density at radius 2 is 1.19 bits per heavy atom. The first kappa shape index (κ1) is 19.2. The SMILES string of the molecule is O=P(c1ccc(Cl)cc1)(c1ccc(Cl)cc1)c1cccc(S(=O)(=O)O)c1. The number of hydrogen-bond acceptors (Lipinski definition) is 3. The summed E-state index contributed by atoms with van der Waals surface area (Å²) in [5, 5.41) is 2.22. The maximum atomic E-state index is 14.2. The highest BCUT2D eigenvalue weighted by molar-refractivity contribution is 7.86. The third-order valence-corrected chi connectivity index (χ3v) is 8.27. The Morgan fingerprint density at radius 1 is 0.731 bits per heavy atom. The highest BCUT2D eigenvalue weighted by Gasteiger charge is 2.30. The molecule has 134 valence electrons. The van der Waals surface area contributed by atoms with E-state index in [4.69, 9.17) is 23.2 Å². The molecule has 8 heteroatoms. The van der Waals surface area contributed by atoms with Gasteiger partial charge in [-0.1, -0.05) is 35.3 Å². The number of rotatable bonds is 4. The molecule has 0 radical (unpaired) electrons. The van der Waals surface area contributed by atoms with Gasteiger partial charge in [0.2, 0.25) is 0 Å². The largest absolute Gasteiger partial charge is 0.309 e. The van der Waals surface area contributed by atoms with Crippen LogP contribution in [0.4, 0.5) is 0 Å². The number of halogens is 2. The van der Waals surface area contributed by atoms with Crippen LogP contribution in [0, 0.1) is 0 Å². The van der Waals surface area contributed by atoms with E-state index >= 15 is 0 Å². The molecule has 0 bridgehead atoms. The third-order valence-electron chi connectivity index (χ3n) is 3.86. The fourth-order valence-corrected chi connectivity index (χ4v) is 6.10. The fraction of sp³-hybridized carbons (Fsp3) is 0. The van der Waals surface area contributed by atoms with Crippen LogP contribution in [0.5, 0.6) is 0 Å². The van der Waals surface area contributed by atoms with Crippen molar-refractivity contribution in [1.29, 1.82) is 0 Å². The Labute approximate surface area is 161 Å². The minimum atomic E-state index is -4.43. The molecule has 3 aromatic rings. The Balaban J connectivity index is 2.30. The van der Waals surface area contributed by atoms with E-state index < -0.39 is 17.3 Å². The lowest BCUT2D eigenvalue weighted by molar-refractivity contribution is 0.483. The van der Waals surface area contributed by atoms with Crippen LogP contribution in [0.2, 0.25) is 10.0 Å². The highest BCUT2D eigenvalue weighted by atomic mass is 35.5. The topological polar surface area (TPSA) is 71.4 Å². The van der Waals surface area contributed by atoms with Crippen molar-refractivity contribution in [3.8, 4) is 0 Å². The van der Waals surface area contributed by atoms with Crippen LogP contribution in [0.15, 0.2) is 77.7 Å². The summed E-state index contributed by atoms with van der Waals surface area (Å²) >= 11 is 11.9. The molecule has 3 rings (SSSR count). The van der Waals surface area contributed by atoms with E-state index in [0.29, 0.717) is 20.7 Å². The lowest BCUT2D eigenvalue weighted by Crippen LogP contribution is -2.25. The van der Waals surface area contributed by atoms with E-state index in [1.54, 1.807) is 54.6 Å². The predicted octanol–water partition coefficient (Wildman–Crippen LogP) is 3.88. The van der Waals surface area contributed by atoms with Gasteiger partial charge in [0.1, 0.15) is 0 Å². The van der Waals surface area contributed by atoms with Gasteiger partial charge in [-0.05, 0) is 60.7 Å². The Morgan fingerprint density at radius 3 is 1.62 bits per heavy atom. The summed E-state index contributed by atoms with van der Waals surface area (Å²) in [4.78, 5) is -0.321. The molecular formula is C18H13Cl2O4PS. The number of benzene rings is 3. The summed E-state index contributed by atoms with van der Waals surface area (Å²) in [5.74, 6) is 0. The zero-order chi connectivity index (χ0) is 18.9. The zero-order valence-corrected chi connectivity index (χ0v) is 16.4. The van der Waals surface area contributed by atoms with E-state index in [9.17, 15) is 17.5 Å². The van der Waals surface area contributed by atoms with Gasteiger partial charge in [0.15, 0.2) is 7.14 Å². The lowest BCUT2D eigenvalue weighted by atomic mass is 10.3.